The highest BCUT2D eigenvalue weighted by Crippen LogP contribution is 2.37. The van der Waals surface area contributed by atoms with Gasteiger partial charge in [0.25, 0.3) is 0 Å². The predicted molar refractivity (Wildman–Crippen MR) is 65.5 cm³/mol. The van der Waals surface area contributed by atoms with Gasteiger partial charge in [-0.2, -0.15) is 0 Å². The van der Waals surface area contributed by atoms with Crippen molar-refractivity contribution in [2.45, 2.75) is 18.8 Å². The summed E-state index contributed by atoms with van der Waals surface area (Å²) in [7, 11) is 0. The fraction of sp³-hybridized carbons (Fsp3) is 0.385. The highest BCUT2D eigenvalue weighted by atomic mass is 16.5. The SMILES string of the molecule is NCCCc1nnc(C2COc3ccccc32)o1. The van der Waals surface area contributed by atoms with Gasteiger partial charge in [0.15, 0.2) is 0 Å². The van der Waals surface area contributed by atoms with Crippen LogP contribution in [0.4, 0.5) is 0 Å². The Morgan fingerprint density at radius 1 is 1.28 bits per heavy atom. The van der Waals surface area contributed by atoms with Crippen LogP contribution in [-0.2, 0) is 6.42 Å². The van der Waals surface area contributed by atoms with Crippen molar-refractivity contribution in [3.05, 3.63) is 41.6 Å². The summed E-state index contributed by atoms with van der Waals surface area (Å²) in [5.41, 5.74) is 6.58. The Morgan fingerprint density at radius 2 is 2.17 bits per heavy atom. The van der Waals surface area contributed by atoms with Gasteiger partial charge in [0, 0.05) is 12.0 Å². The van der Waals surface area contributed by atoms with Crippen molar-refractivity contribution in [2.24, 2.45) is 5.73 Å². The molecule has 94 valence electrons. The van der Waals surface area contributed by atoms with E-state index in [1.807, 2.05) is 24.3 Å². The molecule has 0 aliphatic carbocycles. The molecular weight excluding hydrogens is 230 g/mol. The third kappa shape index (κ3) is 1.97. The van der Waals surface area contributed by atoms with Crippen LogP contribution in [0.15, 0.2) is 28.7 Å². The van der Waals surface area contributed by atoms with Crippen LogP contribution in [0.25, 0.3) is 0 Å². The zero-order valence-electron chi connectivity index (χ0n) is 10.0. The summed E-state index contributed by atoms with van der Waals surface area (Å²) in [6.45, 7) is 1.20. The number of benzene rings is 1. The smallest absolute Gasteiger partial charge is 0.227 e. The van der Waals surface area contributed by atoms with Crippen molar-refractivity contribution in [3.63, 3.8) is 0 Å². The summed E-state index contributed by atoms with van der Waals surface area (Å²) in [5, 5.41) is 8.16. The number of aromatic nitrogens is 2. The minimum atomic E-state index is 0.0559. The molecule has 1 unspecified atom stereocenters. The second-order valence-corrected chi connectivity index (χ2v) is 4.33. The van der Waals surface area contributed by atoms with Gasteiger partial charge < -0.3 is 14.9 Å². The first-order valence-corrected chi connectivity index (χ1v) is 6.12. The standard InChI is InChI=1S/C13H15N3O2/c14-7-3-6-12-15-16-13(18-12)10-8-17-11-5-2-1-4-9(10)11/h1-2,4-5,10H,3,6-8,14H2. The molecule has 1 aliphatic heterocycles. The third-order valence-corrected chi connectivity index (χ3v) is 3.08. The normalized spacial score (nSPS) is 17.5. The molecule has 0 saturated heterocycles. The van der Waals surface area contributed by atoms with E-state index >= 15 is 0 Å². The zero-order chi connectivity index (χ0) is 12.4. The lowest BCUT2D eigenvalue weighted by Gasteiger charge is -2.01. The van der Waals surface area contributed by atoms with Gasteiger partial charge in [-0.3, -0.25) is 0 Å². The van der Waals surface area contributed by atoms with Gasteiger partial charge in [-0.05, 0) is 19.0 Å². The summed E-state index contributed by atoms with van der Waals surface area (Å²) < 4.78 is 11.3. The first-order valence-electron chi connectivity index (χ1n) is 6.12. The Morgan fingerprint density at radius 3 is 3.06 bits per heavy atom. The van der Waals surface area contributed by atoms with E-state index in [4.69, 9.17) is 14.9 Å². The second-order valence-electron chi connectivity index (χ2n) is 4.33. The van der Waals surface area contributed by atoms with Gasteiger partial charge in [0.05, 0.1) is 5.92 Å². The maximum atomic E-state index is 5.67. The average molecular weight is 245 g/mol. The molecule has 0 spiro atoms. The number of para-hydroxylation sites is 1. The van der Waals surface area contributed by atoms with Crippen LogP contribution in [0.2, 0.25) is 0 Å². The first-order chi connectivity index (χ1) is 8.88. The van der Waals surface area contributed by atoms with Gasteiger partial charge in [0.2, 0.25) is 11.8 Å². The van der Waals surface area contributed by atoms with Crippen molar-refractivity contribution in [1.82, 2.24) is 10.2 Å². The van der Waals surface area contributed by atoms with E-state index in [0.29, 0.717) is 24.9 Å². The van der Waals surface area contributed by atoms with Crippen LogP contribution in [0.1, 0.15) is 29.7 Å². The van der Waals surface area contributed by atoms with E-state index in [9.17, 15) is 0 Å². The maximum Gasteiger partial charge on any atom is 0.227 e. The van der Waals surface area contributed by atoms with E-state index in [1.54, 1.807) is 0 Å². The Hall–Kier alpha value is -1.88. The Balaban J connectivity index is 1.82. The fourth-order valence-electron chi connectivity index (χ4n) is 2.13. The Bertz CT molecular complexity index is 539. The van der Waals surface area contributed by atoms with Gasteiger partial charge >= 0.3 is 0 Å². The van der Waals surface area contributed by atoms with Crippen molar-refractivity contribution < 1.29 is 9.15 Å². The lowest BCUT2D eigenvalue weighted by Crippen LogP contribution is -2.02. The van der Waals surface area contributed by atoms with Crippen molar-refractivity contribution in [2.75, 3.05) is 13.2 Å². The van der Waals surface area contributed by atoms with Crippen molar-refractivity contribution >= 4 is 0 Å². The molecular formula is C13H15N3O2. The van der Waals surface area contributed by atoms with Crippen LogP contribution >= 0.6 is 0 Å². The average Bonchev–Trinajstić information content (AvgIpc) is 3.02. The number of rotatable bonds is 4. The fourth-order valence-corrected chi connectivity index (χ4v) is 2.13. The molecule has 3 rings (SSSR count). The molecule has 0 fully saturated rings. The largest absolute Gasteiger partial charge is 0.492 e. The minimum Gasteiger partial charge on any atom is -0.492 e. The number of nitrogens with zero attached hydrogens (tertiary/aromatic N) is 2. The molecule has 18 heavy (non-hydrogen) atoms. The number of aryl methyl sites for hydroxylation is 1. The third-order valence-electron chi connectivity index (χ3n) is 3.08. The minimum absolute atomic E-state index is 0.0559. The second kappa shape index (κ2) is 4.78. The van der Waals surface area contributed by atoms with Crippen LogP contribution in [0.3, 0.4) is 0 Å². The van der Waals surface area contributed by atoms with Gasteiger partial charge in [-0.1, -0.05) is 18.2 Å². The number of fused-ring (bicyclic) bond motifs is 1. The lowest BCUT2D eigenvalue weighted by atomic mass is 10.0. The van der Waals surface area contributed by atoms with Gasteiger partial charge in [-0.15, -0.1) is 10.2 Å². The number of hydrogen-bond donors (Lipinski definition) is 1. The highest BCUT2D eigenvalue weighted by molar-refractivity contribution is 5.42. The molecule has 1 aromatic carbocycles. The van der Waals surface area contributed by atoms with Crippen LogP contribution in [-0.4, -0.2) is 23.3 Å². The summed E-state index contributed by atoms with van der Waals surface area (Å²) in [5.74, 6) is 2.25. The first kappa shape index (κ1) is 11.2. The summed E-state index contributed by atoms with van der Waals surface area (Å²) in [6.07, 6.45) is 1.60. The van der Waals surface area contributed by atoms with Crippen molar-refractivity contribution in [1.29, 1.82) is 0 Å². The molecule has 0 radical (unpaired) electrons. The van der Waals surface area contributed by atoms with Crippen molar-refractivity contribution in [3.8, 4) is 5.75 Å². The van der Waals surface area contributed by atoms with E-state index in [0.717, 1.165) is 24.2 Å². The predicted octanol–water partition coefficient (Wildman–Crippen LogP) is 1.49. The molecule has 5 nitrogen and oxygen atoms in total. The summed E-state index contributed by atoms with van der Waals surface area (Å²) >= 11 is 0. The van der Waals surface area contributed by atoms with Gasteiger partial charge in [-0.25, -0.2) is 0 Å². The van der Waals surface area contributed by atoms with Gasteiger partial charge in [0.1, 0.15) is 12.4 Å². The number of hydrogen-bond acceptors (Lipinski definition) is 5. The van der Waals surface area contributed by atoms with E-state index in [-0.39, 0.29) is 5.92 Å². The quantitative estimate of drug-likeness (QED) is 0.883. The monoisotopic (exact) mass is 245 g/mol. The molecule has 2 heterocycles. The molecule has 0 bridgehead atoms. The Labute approximate surface area is 105 Å². The number of ether oxygens (including phenoxy) is 1. The molecule has 1 aromatic heterocycles. The topological polar surface area (TPSA) is 74.2 Å². The molecule has 2 aromatic rings. The number of nitrogens with two attached hydrogens (primary N) is 1. The van der Waals surface area contributed by atoms with E-state index < -0.39 is 0 Å². The summed E-state index contributed by atoms with van der Waals surface area (Å²) in [6, 6.07) is 7.95. The molecule has 1 aliphatic rings. The zero-order valence-corrected chi connectivity index (χ0v) is 10.0. The summed E-state index contributed by atoms with van der Waals surface area (Å²) in [4.78, 5) is 0. The van der Waals surface area contributed by atoms with E-state index in [1.165, 1.54) is 0 Å². The highest BCUT2D eigenvalue weighted by Gasteiger charge is 2.29. The molecule has 0 amide bonds. The van der Waals surface area contributed by atoms with Crippen LogP contribution in [0, 0.1) is 0 Å². The van der Waals surface area contributed by atoms with Crippen LogP contribution in [0.5, 0.6) is 5.75 Å². The molecule has 5 heteroatoms. The maximum absolute atomic E-state index is 5.67. The van der Waals surface area contributed by atoms with Crippen LogP contribution < -0.4 is 10.5 Å². The Kier molecular flexibility index (Phi) is 2.98. The molecule has 0 saturated carbocycles. The molecule has 1 atom stereocenters. The van der Waals surface area contributed by atoms with E-state index in [2.05, 4.69) is 10.2 Å². The molecule has 2 N–H and O–H groups in total. The lowest BCUT2D eigenvalue weighted by molar-refractivity contribution is 0.320.